The van der Waals surface area contributed by atoms with E-state index in [1.54, 1.807) is 0 Å². The molecule has 0 bridgehead atoms. The summed E-state index contributed by atoms with van der Waals surface area (Å²) < 4.78 is 4.87. The Morgan fingerprint density at radius 1 is 1.64 bits per heavy atom. The first-order chi connectivity index (χ1) is 6.69. The number of benzene rings is 1. The van der Waals surface area contributed by atoms with Gasteiger partial charge in [0.1, 0.15) is 0 Å². The summed E-state index contributed by atoms with van der Waals surface area (Å²) in [6.07, 6.45) is 1.41. The number of carbonyl (C=O) groups excluding carboxylic acids is 1. The Kier molecular flexibility index (Phi) is 3.51. The number of phenols is 1. The van der Waals surface area contributed by atoms with Gasteiger partial charge in [0.05, 0.1) is 13.7 Å². The van der Waals surface area contributed by atoms with E-state index >= 15 is 0 Å². The highest BCUT2D eigenvalue weighted by molar-refractivity contribution is 6.31. The van der Waals surface area contributed by atoms with Gasteiger partial charge in [-0.05, 0) is 11.6 Å². The van der Waals surface area contributed by atoms with Crippen LogP contribution in [-0.2, 0) is 11.3 Å². The summed E-state index contributed by atoms with van der Waals surface area (Å²) in [5, 5.41) is 9.66. The molecule has 0 spiro atoms. The average molecular weight is 214 g/mol. The molecule has 1 aromatic rings. The molecule has 14 heavy (non-hydrogen) atoms. The van der Waals surface area contributed by atoms with E-state index in [1.807, 2.05) is 0 Å². The van der Waals surface area contributed by atoms with Gasteiger partial charge in [-0.1, -0.05) is 11.6 Å². The predicted molar refractivity (Wildman–Crippen MR) is 51.5 cm³/mol. The zero-order valence-electron chi connectivity index (χ0n) is 7.45. The SMILES string of the molecule is COc1cc(CN=C=O)c(Cl)cc1O. The van der Waals surface area contributed by atoms with Crippen molar-refractivity contribution in [3.8, 4) is 11.5 Å². The van der Waals surface area contributed by atoms with Crippen LogP contribution in [0, 0.1) is 0 Å². The van der Waals surface area contributed by atoms with Gasteiger partial charge in [0.25, 0.3) is 0 Å². The highest BCUT2D eigenvalue weighted by atomic mass is 35.5. The molecule has 0 unspecified atom stereocenters. The number of hydrogen-bond acceptors (Lipinski definition) is 4. The van der Waals surface area contributed by atoms with E-state index in [4.69, 9.17) is 16.3 Å². The number of nitrogens with zero attached hydrogens (tertiary/aromatic N) is 1. The number of isocyanates is 1. The van der Waals surface area contributed by atoms with Crippen LogP contribution in [0.3, 0.4) is 0 Å². The van der Waals surface area contributed by atoms with Gasteiger partial charge < -0.3 is 9.84 Å². The number of ether oxygens (including phenoxy) is 1. The van der Waals surface area contributed by atoms with E-state index in [0.717, 1.165) is 0 Å². The van der Waals surface area contributed by atoms with E-state index < -0.39 is 0 Å². The van der Waals surface area contributed by atoms with E-state index in [0.29, 0.717) is 16.3 Å². The van der Waals surface area contributed by atoms with Gasteiger partial charge in [-0.25, -0.2) is 9.79 Å². The second-order valence-corrected chi connectivity index (χ2v) is 2.93. The van der Waals surface area contributed by atoms with E-state index in [1.165, 1.54) is 25.3 Å². The molecule has 0 amide bonds. The standard InChI is InChI=1S/C9H8ClNO3/c1-14-9-2-6(4-11-5-12)7(10)3-8(9)13/h2-3,13H,4H2,1H3. The third-order valence-corrected chi connectivity index (χ3v) is 2.01. The molecule has 0 aliphatic rings. The zero-order chi connectivity index (χ0) is 10.6. The largest absolute Gasteiger partial charge is 0.504 e. The second-order valence-electron chi connectivity index (χ2n) is 2.52. The maximum Gasteiger partial charge on any atom is 0.235 e. The molecule has 1 rings (SSSR count). The van der Waals surface area contributed by atoms with Crippen molar-refractivity contribution in [2.45, 2.75) is 6.54 Å². The summed E-state index contributed by atoms with van der Waals surface area (Å²) in [7, 11) is 1.43. The summed E-state index contributed by atoms with van der Waals surface area (Å²) in [6, 6.07) is 2.87. The predicted octanol–water partition coefficient (Wildman–Crippen LogP) is 1.89. The summed E-state index contributed by atoms with van der Waals surface area (Å²) in [4.78, 5) is 13.3. The number of aliphatic imine (C=N–C) groups is 1. The maximum absolute atomic E-state index is 9.90. The van der Waals surface area contributed by atoms with Gasteiger partial charge in [-0.3, -0.25) is 0 Å². The van der Waals surface area contributed by atoms with Crippen LogP contribution in [0.15, 0.2) is 17.1 Å². The Bertz CT molecular complexity index is 386. The van der Waals surface area contributed by atoms with Crippen LogP contribution in [0.2, 0.25) is 5.02 Å². The van der Waals surface area contributed by atoms with Gasteiger partial charge in [0.2, 0.25) is 6.08 Å². The molecular formula is C9H8ClNO3. The molecular weight excluding hydrogens is 206 g/mol. The smallest absolute Gasteiger partial charge is 0.235 e. The molecule has 0 aliphatic heterocycles. The van der Waals surface area contributed by atoms with Crippen molar-refractivity contribution >= 4 is 17.7 Å². The summed E-state index contributed by atoms with van der Waals surface area (Å²) in [5.41, 5.74) is 0.602. The van der Waals surface area contributed by atoms with Crippen molar-refractivity contribution in [1.29, 1.82) is 0 Å². The lowest BCUT2D eigenvalue weighted by molar-refractivity contribution is 0.373. The lowest BCUT2D eigenvalue weighted by Crippen LogP contribution is -1.88. The fourth-order valence-electron chi connectivity index (χ4n) is 0.987. The first-order valence-electron chi connectivity index (χ1n) is 3.78. The van der Waals surface area contributed by atoms with Crippen LogP contribution in [0.4, 0.5) is 0 Å². The molecule has 0 atom stereocenters. The molecule has 74 valence electrons. The van der Waals surface area contributed by atoms with Crippen LogP contribution in [0.1, 0.15) is 5.56 Å². The van der Waals surface area contributed by atoms with Gasteiger partial charge in [0, 0.05) is 11.1 Å². The van der Waals surface area contributed by atoms with Crippen LogP contribution in [0.5, 0.6) is 11.5 Å². The number of methoxy groups -OCH3 is 1. The molecule has 0 radical (unpaired) electrons. The summed E-state index contributed by atoms with van der Waals surface area (Å²) >= 11 is 5.79. The molecule has 0 aromatic heterocycles. The third-order valence-electron chi connectivity index (χ3n) is 1.66. The Morgan fingerprint density at radius 3 is 2.93 bits per heavy atom. The second kappa shape index (κ2) is 4.65. The number of halogens is 1. The Labute approximate surface area is 85.8 Å². The third kappa shape index (κ3) is 2.25. The minimum atomic E-state index is -0.0451. The van der Waals surface area contributed by atoms with Gasteiger partial charge >= 0.3 is 0 Å². The minimum absolute atomic E-state index is 0.0451. The number of rotatable bonds is 3. The molecule has 0 fully saturated rings. The van der Waals surface area contributed by atoms with Crippen LogP contribution < -0.4 is 4.74 Å². The monoisotopic (exact) mass is 213 g/mol. The van der Waals surface area contributed by atoms with Gasteiger partial charge in [0.15, 0.2) is 11.5 Å². The molecule has 1 N–H and O–H groups in total. The zero-order valence-corrected chi connectivity index (χ0v) is 8.21. The Hall–Kier alpha value is -1.51. The lowest BCUT2D eigenvalue weighted by Gasteiger charge is -2.06. The quantitative estimate of drug-likeness (QED) is 0.616. The molecule has 0 heterocycles. The van der Waals surface area contributed by atoms with E-state index in [9.17, 15) is 9.90 Å². The normalized spacial score (nSPS) is 9.29. The van der Waals surface area contributed by atoms with Crippen molar-refractivity contribution in [2.24, 2.45) is 4.99 Å². The van der Waals surface area contributed by atoms with Crippen molar-refractivity contribution in [3.63, 3.8) is 0 Å². The molecule has 5 heteroatoms. The van der Waals surface area contributed by atoms with Crippen molar-refractivity contribution in [1.82, 2.24) is 0 Å². The van der Waals surface area contributed by atoms with Crippen LogP contribution in [-0.4, -0.2) is 18.3 Å². The van der Waals surface area contributed by atoms with E-state index in [-0.39, 0.29) is 12.3 Å². The maximum atomic E-state index is 9.90. The van der Waals surface area contributed by atoms with Crippen molar-refractivity contribution < 1.29 is 14.6 Å². The molecule has 0 aliphatic carbocycles. The first kappa shape index (κ1) is 10.6. The van der Waals surface area contributed by atoms with Gasteiger partial charge in [-0.2, -0.15) is 0 Å². The Morgan fingerprint density at radius 2 is 2.36 bits per heavy atom. The topological polar surface area (TPSA) is 58.9 Å². The van der Waals surface area contributed by atoms with E-state index in [2.05, 4.69) is 4.99 Å². The number of phenolic OH excluding ortho intramolecular Hbond substituents is 1. The highest BCUT2D eigenvalue weighted by Gasteiger charge is 2.07. The minimum Gasteiger partial charge on any atom is -0.504 e. The van der Waals surface area contributed by atoms with Crippen LogP contribution in [0.25, 0.3) is 0 Å². The number of hydrogen-bond donors (Lipinski definition) is 1. The fraction of sp³-hybridized carbons (Fsp3) is 0.222. The number of aromatic hydroxyl groups is 1. The lowest BCUT2D eigenvalue weighted by atomic mass is 10.2. The molecule has 4 nitrogen and oxygen atoms in total. The Balaban J connectivity index is 3.10. The molecule has 0 saturated heterocycles. The van der Waals surface area contributed by atoms with Crippen LogP contribution >= 0.6 is 11.6 Å². The molecule has 1 aromatic carbocycles. The fourth-order valence-corrected chi connectivity index (χ4v) is 1.20. The first-order valence-corrected chi connectivity index (χ1v) is 4.16. The average Bonchev–Trinajstić information content (AvgIpc) is 2.17. The summed E-state index contributed by atoms with van der Waals surface area (Å²) in [6.45, 7) is 0.124. The van der Waals surface area contributed by atoms with Crippen molar-refractivity contribution in [3.05, 3.63) is 22.7 Å². The summed E-state index contributed by atoms with van der Waals surface area (Å²) in [5.74, 6) is 0.252. The van der Waals surface area contributed by atoms with Crippen molar-refractivity contribution in [2.75, 3.05) is 7.11 Å². The molecule has 0 saturated carbocycles. The highest BCUT2D eigenvalue weighted by Crippen LogP contribution is 2.32. The van der Waals surface area contributed by atoms with Gasteiger partial charge in [-0.15, -0.1) is 0 Å².